The molecule has 2 aromatic rings. The van der Waals surface area contributed by atoms with E-state index in [2.05, 4.69) is 12.0 Å². The fourth-order valence-corrected chi connectivity index (χ4v) is 3.02. The summed E-state index contributed by atoms with van der Waals surface area (Å²) in [5.74, 6) is 0.493. The number of hydrogen-bond donors (Lipinski definition) is 0. The van der Waals surface area contributed by atoms with Gasteiger partial charge < -0.3 is 9.64 Å². The van der Waals surface area contributed by atoms with Crippen LogP contribution in [0.1, 0.15) is 30.3 Å². The summed E-state index contributed by atoms with van der Waals surface area (Å²) in [5.41, 5.74) is 0.461. The summed E-state index contributed by atoms with van der Waals surface area (Å²) in [5, 5.41) is 4.30. The first kappa shape index (κ1) is 16.2. The molecule has 1 aliphatic rings. The molecule has 1 aromatic heterocycles. The molecule has 1 aromatic carbocycles. The lowest BCUT2D eigenvalue weighted by molar-refractivity contribution is 0.0671. The molecule has 2 heterocycles. The Labute approximate surface area is 140 Å². The molecule has 1 amide bonds. The molecular formula is C18H21N3O3. The molecule has 1 saturated heterocycles. The van der Waals surface area contributed by atoms with Crippen molar-refractivity contribution in [2.75, 3.05) is 20.2 Å². The smallest absolute Gasteiger partial charge is 0.278 e. The predicted molar refractivity (Wildman–Crippen MR) is 90.7 cm³/mol. The number of likely N-dealkylation sites (tertiary alicyclic amines) is 1. The Morgan fingerprint density at radius 3 is 2.71 bits per heavy atom. The van der Waals surface area contributed by atoms with Crippen LogP contribution in [0.15, 0.2) is 41.2 Å². The largest absolute Gasteiger partial charge is 0.494 e. The number of amides is 1. The molecule has 1 aliphatic heterocycles. The van der Waals surface area contributed by atoms with Gasteiger partial charge in [0.15, 0.2) is 11.4 Å². The number of methoxy groups -OCH3 is 1. The fourth-order valence-electron chi connectivity index (χ4n) is 3.02. The lowest BCUT2D eigenvalue weighted by atomic mass is 10.00. The van der Waals surface area contributed by atoms with E-state index in [1.54, 1.807) is 17.0 Å². The van der Waals surface area contributed by atoms with Crippen molar-refractivity contribution in [3.63, 3.8) is 0 Å². The normalized spacial score (nSPS) is 17.6. The first-order valence-electron chi connectivity index (χ1n) is 8.13. The number of piperidine rings is 1. The van der Waals surface area contributed by atoms with Gasteiger partial charge in [-0.3, -0.25) is 9.59 Å². The maximum absolute atomic E-state index is 12.9. The molecule has 0 radical (unpaired) electrons. The molecule has 6 heteroatoms. The van der Waals surface area contributed by atoms with Crippen LogP contribution in [-0.4, -0.2) is 40.8 Å². The number of aromatic nitrogens is 2. The van der Waals surface area contributed by atoms with Crippen molar-refractivity contribution in [1.82, 2.24) is 14.7 Å². The monoisotopic (exact) mass is 327 g/mol. The molecule has 6 nitrogen and oxygen atoms in total. The molecule has 0 bridgehead atoms. The van der Waals surface area contributed by atoms with E-state index in [9.17, 15) is 9.59 Å². The number of ether oxygens (including phenoxy) is 1. The Hall–Kier alpha value is -2.63. The number of rotatable bonds is 3. The summed E-state index contributed by atoms with van der Waals surface area (Å²) in [6.45, 7) is 3.54. The first-order valence-corrected chi connectivity index (χ1v) is 8.13. The van der Waals surface area contributed by atoms with Crippen LogP contribution in [0.5, 0.6) is 5.75 Å². The molecule has 0 aliphatic carbocycles. The summed E-state index contributed by atoms with van der Waals surface area (Å²) in [6, 6.07) is 10.4. The van der Waals surface area contributed by atoms with Crippen molar-refractivity contribution in [2.45, 2.75) is 19.8 Å². The first-order chi connectivity index (χ1) is 11.6. The molecule has 0 spiro atoms. The highest BCUT2D eigenvalue weighted by Crippen LogP contribution is 2.21. The van der Waals surface area contributed by atoms with Gasteiger partial charge in [0.25, 0.3) is 11.5 Å². The zero-order chi connectivity index (χ0) is 17.1. The van der Waals surface area contributed by atoms with E-state index in [0.717, 1.165) is 12.8 Å². The minimum absolute atomic E-state index is 0.176. The third-order valence-corrected chi connectivity index (χ3v) is 4.26. The van der Waals surface area contributed by atoms with E-state index in [4.69, 9.17) is 4.74 Å². The number of hydrogen-bond acceptors (Lipinski definition) is 4. The van der Waals surface area contributed by atoms with Gasteiger partial charge in [0.05, 0.1) is 18.9 Å². The van der Waals surface area contributed by atoms with Crippen LogP contribution in [0.2, 0.25) is 0 Å². The maximum atomic E-state index is 12.9. The average molecular weight is 327 g/mol. The Kier molecular flexibility index (Phi) is 4.64. The summed E-state index contributed by atoms with van der Waals surface area (Å²) >= 11 is 0. The summed E-state index contributed by atoms with van der Waals surface area (Å²) < 4.78 is 6.47. The van der Waals surface area contributed by atoms with Gasteiger partial charge in [-0.05, 0) is 30.9 Å². The maximum Gasteiger partial charge on any atom is 0.278 e. The van der Waals surface area contributed by atoms with Crippen molar-refractivity contribution in [3.05, 3.63) is 52.4 Å². The topological polar surface area (TPSA) is 64.4 Å². The van der Waals surface area contributed by atoms with Crippen LogP contribution in [0, 0.1) is 5.92 Å². The van der Waals surface area contributed by atoms with Crippen molar-refractivity contribution < 1.29 is 9.53 Å². The summed E-state index contributed by atoms with van der Waals surface area (Å²) in [7, 11) is 1.44. The molecule has 0 unspecified atom stereocenters. The minimum Gasteiger partial charge on any atom is -0.494 e. The Balaban J connectivity index is 2.03. The molecular weight excluding hydrogens is 306 g/mol. The summed E-state index contributed by atoms with van der Waals surface area (Å²) in [6.07, 6.45) is 2.10. The van der Waals surface area contributed by atoms with E-state index in [1.165, 1.54) is 17.9 Å². The van der Waals surface area contributed by atoms with Crippen LogP contribution in [0.4, 0.5) is 0 Å². The second kappa shape index (κ2) is 6.86. The molecule has 0 saturated carbocycles. The van der Waals surface area contributed by atoms with Crippen molar-refractivity contribution >= 4 is 5.91 Å². The zero-order valence-electron chi connectivity index (χ0n) is 13.9. The van der Waals surface area contributed by atoms with Gasteiger partial charge in [-0.1, -0.05) is 25.1 Å². The highest BCUT2D eigenvalue weighted by Gasteiger charge is 2.26. The second-order valence-corrected chi connectivity index (χ2v) is 6.15. The Morgan fingerprint density at radius 1 is 1.29 bits per heavy atom. The van der Waals surface area contributed by atoms with E-state index >= 15 is 0 Å². The van der Waals surface area contributed by atoms with Crippen molar-refractivity contribution in [3.8, 4) is 11.4 Å². The van der Waals surface area contributed by atoms with Crippen LogP contribution >= 0.6 is 0 Å². The third kappa shape index (κ3) is 3.18. The molecule has 0 N–H and O–H groups in total. The molecule has 24 heavy (non-hydrogen) atoms. The number of carbonyl (C=O) groups is 1. The Morgan fingerprint density at radius 2 is 2.04 bits per heavy atom. The standard InChI is InChI=1S/C18H21N3O3/c1-13-7-6-10-20(12-13)18(23)17-15(24-2)11-16(22)21(19-17)14-8-4-3-5-9-14/h3-5,8-9,11,13H,6-7,10,12H2,1-2H3/t13-/m0/s1. The van der Waals surface area contributed by atoms with E-state index in [1.807, 2.05) is 18.2 Å². The Bertz CT molecular complexity index is 786. The third-order valence-electron chi connectivity index (χ3n) is 4.26. The van der Waals surface area contributed by atoms with Gasteiger partial charge in [0.1, 0.15) is 0 Å². The van der Waals surface area contributed by atoms with Crippen molar-refractivity contribution in [1.29, 1.82) is 0 Å². The van der Waals surface area contributed by atoms with Gasteiger partial charge in [-0.25, -0.2) is 0 Å². The lowest BCUT2D eigenvalue weighted by Crippen LogP contribution is -2.40. The minimum atomic E-state index is -0.332. The molecule has 3 rings (SSSR count). The number of carbonyl (C=O) groups excluding carboxylic acids is 1. The molecule has 126 valence electrons. The fraction of sp³-hybridized carbons (Fsp3) is 0.389. The van der Waals surface area contributed by atoms with Gasteiger partial charge in [0.2, 0.25) is 0 Å². The SMILES string of the molecule is COc1cc(=O)n(-c2ccccc2)nc1C(=O)N1CCC[C@H](C)C1. The lowest BCUT2D eigenvalue weighted by Gasteiger charge is -2.30. The van der Waals surface area contributed by atoms with Gasteiger partial charge in [0, 0.05) is 13.1 Å². The van der Waals surface area contributed by atoms with Gasteiger partial charge in [-0.2, -0.15) is 9.78 Å². The zero-order valence-corrected chi connectivity index (χ0v) is 13.9. The van der Waals surface area contributed by atoms with E-state index < -0.39 is 0 Å². The molecule has 1 fully saturated rings. The van der Waals surface area contributed by atoms with Crippen LogP contribution in [-0.2, 0) is 0 Å². The molecule has 1 atom stereocenters. The van der Waals surface area contributed by atoms with Crippen LogP contribution < -0.4 is 10.3 Å². The quantitative estimate of drug-likeness (QED) is 0.866. The van der Waals surface area contributed by atoms with Crippen LogP contribution in [0.3, 0.4) is 0 Å². The van der Waals surface area contributed by atoms with E-state index in [-0.39, 0.29) is 22.9 Å². The predicted octanol–water partition coefficient (Wildman–Crippen LogP) is 2.11. The van der Waals surface area contributed by atoms with Crippen LogP contribution in [0.25, 0.3) is 5.69 Å². The van der Waals surface area contributed by atoms with E-state index in [0.29, 0.717) is 24.7 Å². The van der Waals surface area contributed by atoms with Gasteiger partial charge >= 0.3 is 0 Å². The number of benzene rings is 1. The summed E-state index contributed by atoms with van der Waals surface area (Å²) in [4.78, 5) is 27.0. The average Bonchev–Trinajstić information content (AvgIpc) is 2.61. The van der Waals surface area contributed by atoms with Crippen molar-refractivity contribution in [2.24, 2.45) is 5.92 Å². The number of nitrogens with zero attached hydrogens (tertiary/aromatic N) is 3. The highest BCUT2D eigenvalue weighted by atomic mass is 16.5. The second-order valence-electron chi connectivity index (χ2n) is 6.15. The highest BCUT2D eigenvalue weighted by molar-refractivity contribution is 5.94. The number of para-hydroxylation sites is 1. The van der Waals surface area contributed by atoms with Gasteiger partial charge in [-0.15, -0.1) is 0 Å².